The highest BCUT2D eigenvalue weighted by atomic mass is 16.5. The van der Waals surface area contributed by atoms with Gasteiger partial charge in [0.25, 0.3) is 0 Å². The average molecular weight is 337 g/mol. The van der Waals surface area contributed by atoms with Gasteiger partial charge in [-0.15, -0.1) is 0 Å². The van der Waals surface area contributed by atoms with Gasteiger partial charge in [0.05, 0.1) is 32.9 Å². The van der Waals surface area contributed by atoms with E-state index >= 15 is 0 Å². The molecule has 1 saturated heterocycles. The lowest BCUT2D eigenvalue weighted by Crippen LogP contribution is -2.49. The Kier molecular flexibility index (Phi) is 6.80. The van der Waals surface area contributed by atoms with Gasteiger partial charge in [0.1, 0.15) is 5.76 Å². The van der Waals surface area contributed by atoms with Crippen molar-refractivity contribution in [1.82, 2.24) is 15.5 Å². The molecule has 0 radical (unpaired) electrons. The van der Waals surface area contributed by atoms with Crippen molar-refractivity contribution in [2.24, 2.45) is 0 Å². The Morgan fingerprint density at radius 1 is 1.38 bits per heavy atom. The van der Waals surface area contributed by atoms with E-state index in [1.807, 2.05) is 4.90 Å². The number of hydrogen-bond donors (Lipinski definition) is 2. The van der Waals surface area contributed by atoms with Crippen molar-refractivity contribution in [2.45, 2.75) is 38.3 Å². The monoisotopic (exact) mass is 337 g/mol. The third-order valence-corrected chi connectivity index (χ3v) is 3.98. The molecule has 0 aliphatic carbocycles. The number of imide groups is 1. The second-order valence-corrected chi connectivity index (χ2v) is 5.71. The molecule has 0 aromatic carbocycles. The summed E-state index contributed by atoms with van der Waals surface area (Å²) in [5.41, 5.74) is 0. The van der Waals surface area contributed by atoms with E-state index < -0.39 is 11.9 Å². The van der Waals surface area contributed by atoms with Crippen LogP contribution in [0.15, 0.2) is 22.8 Å². The van der Waals surface area contributed by atoms with Gasteiger partial charge in [0.15, 0.2) is 0 Å². The van der Waals surface area contributed by atoms with Crippen LogP contribution in [0.1, 0.15) is 31.4 Å². The number of nitrogens with zero attached hydrogens (tertiary/aromatic N) is 1. The van der Waals surface area contributed by atoms with E-state index in [9.17, 15) is 14.4 Å². The predicted octanol–water partition coefficient (Wildman–Crippen LogP) is 1.02. The second kappa shape index (κ2) is 9.07. The number of likely N-dealkylation sites (tertiary alicyclic amines) is 1. The van der Waals surface area contributed by atoms with E-state index in [1.54, 1.807) is 12.1 Å². The third kappa shape index (κ3) is 5.69. The number of hydrogen-bond acceptors (Lipinski definition) is 6. The molecule has 8 heteroatoms. The lowest BCUT2D eigenvalue weighted by atomic mass is 9.99. The van der Waals surface area contributed by atoms with E-state index in [4.69, 9.17) is 9.15 Å². The number of esters is 1. The van der Waals surface area contributed by atoms with Crippen LogP contribution in [0.2, 0.25) is 0 Å². The third-order valence-electron chi connectivity index (χ3n) is 3.98. The van der Waals surface area contributed by atoms with Gasteiger partial charge >= 0.3 is 12.0 Å². The molecule has 1 aliphatic heterocycles. The molecule has 24 heavy (non-hydrogen) atoms. The van der Waals surface area contributed by atoms with Crippen LogP contribution >= 0.6 is 0 Å². The summed E-state index contributed by atoms with van der Waals surface area (Å²) in [6, 6.07) is 2.85. The fourth-order valence-electron chi connectivity index (χ4n) is 2.75. The molecule has 1 aliphatic rings. The molecule has 2 rings (SSSR count). The summed E-state index contributed by atoms with van der Waals surface area (Å²) in [6.45, 7) is 1.01. The van der Waals surface area contributed by atoms with Crippen LogP contribution in [0.3, 0.4) is 0 Å². The van der Waals surface area contributed by atoms with Crippen molar-refractivity contribution in [3.8, 4) is 0 Å². The molecule has 2 N–H and O–H groups in total. The molecule has 0 saturated carbocycles. The molecule has 132 valence electrons. The van der Waals surface area contributed by atoms with E-state index in [0.717, 1.165) is 25.8 Å². The molecule has 3 amide bonds. The molecule has 1 aromatic heterocycles. The van der Waals surface area contributed by atoms with Crippen LogP contribution in [0, 0.1) is 0 Å². The highest BCUT2D eigenvalue weighted by Gasteiger charge is 2.27. The summed E-state index contributed by atoms with van der Waals surface area (Å²) >= 11 is 0. The van der Waals surface area contributed by atoms with Crippen molar-refractivity contribution in [3.05, 3.63) is 24.2 Å². The normalized spacial score (nSPS) is 18.0. The molecule has 1 aromatic rings. The zero-order valence-electron chi connectivity index (χ0n) is 13.7. The fourth-order valence-corrected chi connectivity index (χ4v) is 2.75. The molecule has 0 spiro atoms. The summed E-state index contributed by atoms with van der Waals surface area (Å²) in [6.07, 6.45) is 4.60. The van der Waals surface area contributed by atoms with Crippen LogP contribution < -0.4 is 10.6 Å². The van der Waals surface area contributed by atoms with Crippen molar-refractivity contribution in [3.63, 3.8) is 0 Å². The van der Waals surface area contributed by atoms with Crippen molar-refractivity contribution in [1.29, 1.82) is 0 Å². The highest BCUT2D eigenvalue weighted by Crippen LogP contribution is 2.19. The molecule has 2 heterocycles. The van der Waals surface area contributed by atoms with Crippen LogP contribution in [0.4, 0.5) is 4.79 Å². The first-order chi connectivity index (χ1) is 11.6. The number of furan rings is 1. The van der Waals surface area contributed by atoms with E-state index in [-0.39, 0.29) is 31.5 Å². The van der Waals surface area contributed by atoms with Crippen LogP contribution in [0.25, 0.3) is 0 Å². The Balaban J connectivity index is 1.76. The number of carbonyl (C=O) groups is 3. The van der Waals surface area contributed by atoms with Gasteiger partial charge in [0.2, 0.25) is 5.91 Å². The number of amides is 3. The molecule has 1 fully saturated rings. The lowest BCUT2D eigenvalue weighted by Gasteiger charge is -2.34. The summed E-state index contributed by atoms with van der Waals surface area (Å²) in [5, 5.41) is 4.84. The number of nitrogens with one attached hydrogen (secondary N) is 2. The zero-order chi connectivity index (χ0) is 17.4. The predicted molar refractivity (Wildman–Crippen MR) is 84.9 cm³/mol. The molecule has 8 nitrogen and oxygen atoms in total. The fraction of sp³-hybridized carbons (Fsp3) is 0.562. The summed E-state index contributed by atoms with van der Waals surface area (Å²) < 4.78 is 9.79. The number of carbonyl (C=O) groups excluding carboxylic acids is 3. The van der Waals surface area contributed by atoms with Gasteiger partial charge in [-0.3, -0.25) is 19.8 Å². The minimum absolute atomic E-state index is 0.0249. The van der Waals surface area contributed by atoms with E-state index in [0.29, 0.717) is 5.76 Å². The number of piperidine rings is 1. The Morgan fingerprint density at radius 3 is 2.92 bits per heavy atom. The van der Waals surface area contributed by atoms with Crippen molar-refractivity contribution >= 4 is 17.9 Å². The topological polar surface area (TPSA) is 101 Å². The molecular weight excluding hydrogens is 314 g/mol. The first kappa shape index (κ1) is 18.0. The van der Waals surface area contributed by atoms with Crippen LogP contribution in [-0.4, -0.2) is 49.0 Å². The van der Waals surface area contributed by atoms with Crippen LogP contribution in [-0.2, 0) is 20.9 Å². The lowest BCUT2D eigenvalue weighted by molar-refractivity contribution is -0.143. The molecule has 0 bridgehead atoms. The number of ether oxygens (including phenoxy) is 1. The highest BCUT2D eigenvalue weighted by molar-refractivity contribution is 5.95. The van der Waals surface area contributed by atoms with E-state index in [2.05, 4.69) is 10.6 Å². The maximum atomic E-state index is 12.0. The largest absolute Gasteiger partial charge is 0.469 e. The quantitative estimate of drug-likeness (QED) is 0.752. The van der Waals surface area contributed by atoms with Gasteiger partial charge in [-0.1, -0.05) is 6.42 Å². The Morgan fingerprint density at radius 2 is 2.21 bits per heavy atom. The minimum atomic E-state index is -0.571. The van der Waals surface area contributed by atoms with Gasteiger partial charge in [0, 0.05) is 6.04 Å². The Hall–Kier alpha value is -2.35. The van der Waals surface area contributed by atoms with Crippen molar-refractivity contribution < 1.29 is 23.5 Å². The summed E-state index contributed by atoms with van der Waals surface area (Å²) in [7, 11) is 1.35. The van der Waals surface area contributed by atoms with Gasteiger partial charge < -0.3 is 14.5 Å². The first-order valence-corrected chi connectivity index (χ1v) is 7.99. The molecular formula is C16H23N3O5. The zero-order valence-corrected chi connectivity index (χ0v) is 13.7. The standard InChI is InChI=1S/C16H23N3O5/c1-23-15(21)9-12-5-2-3-7-19(12)11-14(20)18-16(22)17-10-13-6-4-8-24-13/h4,6,8,12H,2-3,5,7,9-11H2,1H3,(H2,17,18,20,22)/t12-/m1/s1. The minimum Gasteiger partial charge on any atom is -0.469 e. The summed E-state index contributed by atoms with van der Waals surface area (Å²) in [5.74, 6) is -0.0843. The number of methoxy groups -OCH3 is 1. The average Bonchev–Trinajstić information content (AvgIpc) is 3.08. The number of urea groups is 1. The molecule has 1 atom stereocenters. The Labute approximate surface area is 140 Å². The van der Waals surface area contributed by atoms with Gasteiger partial charge in [-0.05, 0) is 31.5 Å². The van der Waals surface area contributed by atoms with Gasteiger partial charge in [-0.2, -0.15) is 0 Å². The SMILES string of the molecule is COC(=O)C[C@H]1CCCCN1CC(=O)NC(=O)NCc1ccco1. The summed E-state index contributed by atoms with van der Waals surface area (Å²) in [4.78, 5) is 37.1. The smallest absolute Gasteiger partial charge is 0.321 e. The van der Waals surface area contributed by atoms with Gasteiger partial charge in [-0.25, -0.2) is 4.79 Å². The first-order valence-electron chi connectivity index (χ1n) is 7.99. The maximum absolute atomic E-state index is 12.0. The van der Waals surface area contributed by atoms with Crippen LogP contribution in [0.5, 0.6) is 0 Å². The Bertz CT molecular complexity index is 558. The van der Waals surface area contributed by atoms with E-state index in [1.165, 1.54) is 13.4 Å². The maximum Gasteiger partial charge on any atom is 0.321 e. The molecule has 0 unspecified atom stereocenters. The number of rotatable bonds is 6. The second-order valence-electron chi connectivity index (χ2n) is 5.71. The van der Waals surface area contributed by atoms with Crippen molar-refractivity contribution in [2.75, 3.05) is 20.2 Å².